The number of aliphatic hydroxyl groups excluding tert-OH is 1. The highest BCUT2D eigenvalue weighted by molar-refractivity contribution is 6.03. The van der Waals surface area contributed by atoms with E-state index in [1.165, 1.54) is 24.0 Å². The monoisotopic (exact) mass is 388 g/mol. The summed E-state index contributed by atoms with van der Waals surface area (Å²) in [6.45, 7) is 2.77. The summed E-state index contributed by atoms with van der Waals surface area (Å²) in [5.41, 5.74) is 0.224. The molecule has 2 amide bonds. The summed E-state index contributed by atoms with van der Waals surface area (Å²) >= 11 is 0. The van der Waals surface area contributed by atoms with Crippen LogP contribution in [0.15, 0.2) is 40.7 Å². The molecule has 28 heavy (non-hydrogen) atoms. The SMILES string of the molecule is C/C(O)=C(\N=C1N(C=O)CCN(C)C12CCC2)C(=O)NCc1ccc(F)cc1. The highest BCUT2D eigenvalue weighted by Gasteiger charge is 2.50. The fourth-order valence-electron chi connectivity index (χ4n) is 3.67. The third-order valence-corrected chi connectivity index (χ3v) is 5.55. The molecule has 1 heterocycles. The number of amides is 2. The Morgan fingerprint density at radius 3 is 2.54 bits per heavy atom. The van der Waals surface area contributed by atoms with E-state index in [0.29, 0.717) is 12.4 Å². The molecule has 0 bridgehead atoms. The predicted molar refractivity (Wildman–Crippen MR) is 103 cm³/mol. The van der Waals surface area contributed by atoms with Gasteiger partial charge in [-0.25, -0.2) is 9.38 Å². The van der Waals surface area contributed by atoms with E-state index in [9.17, 15) is 19.1 Å². The molecule has 1 aromatic carbocycles. The zero-order valence-electron chi connectivity index (χ0n) is 16.1. The van der Waals surface area contributed by atoms with Crippen LogP contribution in [0.25, 0.3) is 0 Å². The highest BCUT2D eigenvalue weighted by atomic mass is 19.1. The number of hydrogen-bond donors (Lipinski definition) is 2. The molecule has 1 saturated heterocycles. The minimum Gasteiger partial charge on any atom is -0.510 e. The van der Waals surface area contributed by atoms with Crippen LogP contribution in [-0.2, 0) is 16.1 Å². The zero-order chi connectivity index (χ0) is 20.3. The Kier molecular flexibility index (Phi) is 5.79. The maximum Gasteiger partial charge on any atom is 0.273 e. The molecule has 0 aromatic heterocycles. The van der Waals surface area contributed by atoms with E-state index < -0.39 is 5.91 Å². The minimum absolute atomic E-state index is 0.120. The number of likely N-dealkylation sites (N-methyl/N-ethyl adjacent to an activating group) is 1. The summed E-state index contributed by atoms with van der Waals surface area (Å²) in [7, 11) is 1.99. The second-order valence-corrected chi connectivity index (χ2v) is 7.28. The van der Waals surface area contributed by atoms with Crippen molar-refractivity contribution < 1.29 is 19.1 Å². The molecule has 2 aliphatic rings. The molecule has 0 unspecified atom stereocenters. The maximum atomic E-state index is 13.0. The molecule has 7 nitrogen and oxygen atoms in total. The largest absolute Gasteiger partial charge is 0.510 e. The molecule has 1 aliphatic heterocycles. The van der Waals surface area contributed by atoms with Gasteiger partial charge in [0.1, 0.15) is 17.4 Å². The number of carbonyl (C=O) groups is 2. The summed E-state index contributed by atoms with van der Waals surface area (Å²) < 4.78 is 13.0. The Hall–Kier alpha value is -2.74. The first kappa shape index (κ1) is 20.0. The molecule has 0 atom stereocenters. The fourth-order valence-corrected chi connectivity index (χ4v) is 3.67. The molecule has 8 heteroatoms. The summed E-state index contributed by atoms with van der Waals surface area (Å²) in [5.74, 6) is -0.625. The van der Waals surface area contributed by atoms with Crippen molar-refractivity contribution in [1.82, 2.24) is 15.1 Å². The van der Waals surface area contributed by atoms with Crippen molar-refractivity contribution in [3.8, 4) is 0 Å². The number of nitrogens with zero attached hydrogens (tertiary/aromatic N) is 3. The van der Waals surface area contributed by atoms with Gasteiger partial charge in [0.05, 0.1) is 5.54 Å². The van der Waals surface area contributed by atoms with Gasteiger partial charge >= 0.3 is 0 Å². The van der Waals surface area contributed by atoms with Crippen LogP contribution >= 0.6 is 0 Å². The first-order valence-electron chi connectivity index (χ1n) is 9.32. The average molecular weight is 388 g/mol. The van der Waals surface area contributed by atoms with Crippen LogP contribution in [0.5, 0.6) is 0 Å². The Morgan fingerprint density at radius 2 is 2.00 bits per heavy atom. The molecule has 0 radical (unpaired) electrons. The van der Waals surface area contributed by atoms with Gasteiger partial charge in [-0.15, -0.1) is 0 Å². The van der Waals surface area contributed by atoms with E-state index in [4.69, 9.17) is 0 Å². The van der Waals surface area contributed by atoms with Gasteiger partial charge in [-0.3, -0.25) is 14.5 Å². The van der Waals surface area contributed by atoms with E-state index in [2.05, 4.69) is 15.2 Å². The Balaban J connectivity index is 1.84. The van der Waals surface area contributed by atoms with Crippen molar-refractivity contribution in [3.05, 3.63) is 47.1 Å². The summed E-state index contributed by atoms with van der Waals surface area (Å²) in [5, 5.41) is 12.8. The summed E-state index contributed by atoms with van der Waals surface area (Å²) in [6.07, 6.45) is 3.44. The number of aliphatic imine (C=N–C) groups is 1. The summed E-state index contributed by atoms with van der Waals surface area (Å²) in [6, 6.07) is 5.78. The Bertz CT molecular complexity index is 811. The number of carbonyl (C=O) groups excluding carboxylic acids is 2. The second-order valence-electron chi connectivity index (χ2n) is 7.28. The van der Waals surface area contributed by atoms with Gasteiger partial charge in [-0.2, -0.15) is 0 Å². The average Bonchev–Trinajstić information content (AvgIpc) is 2.63. The van der Waals surface area contributed by atoms with Crippen molar-refractivity contribution in [2.45, 2.75) is 38.3 Å². The molecular weight excluding hydrogens is 363 g/mol. The van der Waals surface area contributed by atoms with Gasteiger partial charge in [-0.1, -0.05) is 12.1 Å². The lowest BCUT2D eigenvalue weighted by atomic mass is 9.73. The normalized spacial score (nSPS) is 21.2. The van der Waals surface area contributed by atoms with Crippen LogP contribution in [0.1, 0.15) is 31.7 Å². The molecular formula is C20H25FN4O3. The first-order valence-corrected chi connectivity index (χ1v) is 9.32. The number of halogens is 1. The molecule has 2 N–H and O–H groups in total. The molecule has 1 spiro atoms. The number of piperazine rings is 1. The van der Waals surface area contributed by atoms with Crippen LogP contribution in [0.4, 0.5) is 4.39 Å². The van der Waals surface area contributed by atoms with Crippen LogP contribution < -0.4 is 5.32 Å². The number of amidine groups is 1. The van der Waals surface area contributed by atoms with Gasteiger partial charge in [0.25, 0.3) is 5.91 Å². The van der Waals surface area contributed by atoms with Crippen LogP contribution in [0.3, 0.4) is 0 Å². The lowest BCUT2D eigenvalue weighted by Crippen LogP contribution is -2.67. The molecule has 150 valence electrons. The molecule has 1 saturated carbocycles. The maximum absolute atomic E-state index is 13.0. The van der Waals surface area contributed by atoms with Crippen molar-refractivity contribution >= 4 is 18.2 Å². The second kappa shape index (κ2) is 8.10. The lowest BCUT2D eigenvalue weighted by Gasteiger charge is -2.54. The minimum atomic E-state index is -0.551. The van der Waals surface area contributed by atoms with E-state index in [1.54, 1.807) is 12.1 Å². The molecule has 1 aliphatic carbocycles. The third-order valence-electron chi connectivity index (χ3n) is 5.55. The van der Waals surface area contributed by atoms with Crippen molar-refractivity contribution in [3.63, 3.8) is 0 Å². The number of nitrogens with one attached hydrogen (secondary N) is 1. The molecule has 2 fully saturated rings. The van der Waals surface area contributed by atoms with E-state index >= 15 is 0 Å². The fraction of sp³-hybridized carbons (Fsp3) is 0.450. The standard InChI is InChI=1S/C20H25FN4O3/c1-14(27)17(18(28)22-12-15-4-6-16(21)7-5-15)23-19-20(8-3-9-20)24(2)10-11-25(19)13-26/h4-7,13,27H,3,8-12H2,1-2H3,(H,22,28)/b17-14+,23-19?. The number of hydrogen-bond acceptors (Lipinski definition) is 5. The number of aliphatic hydroxyl groups is 1. The quantitative estimate of drug-likeness (QED) is 0.459. The van der Waals surface area contributed by atoms with Crippen molar-refractivity contribution in [1.29, 1.82) is 0 Å². The van der Waals surface area contributed by atoms with Crippen LogP contribution in [0.2, 0.25) is 0 Å². The third kappa shape index (κ3) is 3.77. The molecule has 1 aromatic rings. The van der Waals surface area contributed by atoms with E-state index in [0.717, 1.165) is 37.8 Å². The summed E-state index contributed by atoms with van der Waals surface area (Å²) in [4.78, 5) is 32.4. The van der Waals surface area contributed by atoms with Crippen LogP contribution in [-0.4, -0.2) is 58.7 Å². The topological polar surface area (TPSA) is 85.2 Å². The number of allylic oxidation sites excluding steroid dienone is 1. The Labute approximate surface area is 163 Å². The van der Waals surface area contributed by atoms with Gasteiger partial charge in [-0.05, 0) is 50.9 Å². The van der Waals surface area contributed by atoms with Crippen LogP contribution in [0, 0.1) is 5.82 Å². The lowest BCUT2D eigenvalue weighted by molar-refractivity contribution is -0.118. The predicted octanol–water partition coefficient (Wildman–Crippen LogP) is 1.96. The highest BCUT2D eigenvalue weighted by Crippen LogP contribution is 2.41. The van der Waals surface area contributed by atoms with Crippen molar-refractivity contribution in [2.24, 2.45) is 4.99 Å². The van der Waals surface area contributed by atoms with E-state index in [-0.39, 0.29) is 29.4 Å². The van der Waals surface area contributed by atoms with Gasteiger partial charge in [0.2, 0.25) is 6.41 Å². The smallest absolute Gasteiger partial charge is 0.273 e. The zero-order valence-corrected chi connectivity index (χ0v) is 16.1. The van der Waals surface area contributed by atoms with Crippen molar-refractivity contribution in [2.75, 3.05) is 20.1 Å². The van der Waals surface area contributed by atoms with E-state index in [1.807, 2.05) is 7.05 Å². The van der Waals surface area contributed by atoms with Gasteiger partial charge in [0, 0.05) is 19.6 Å². The first-order chi connectivity index (χ1) is 13.4. The van der Waals surface area contributed by atoms with Gasteiger partial charge in [0.15, 0.2) is 5.70 Å². The number of benzene rings is 1. The Morgan fingerprint density at radius 1 is 1.32 bits per heavy atom. The number of rotatable bonds is 5. The molecule has 3 rings (SSSR count). The van der Waals surface area contributed by atoms with Gasteiger partial charge < -0.3 is 15.3 Å².